The lowest BCUT2D eigenvalue weighted by Crippen LogP contribution is -2.32. The molecule has 0 fully saturated rings. The number of hydrogen-bond acceptors (Lipinski definition) is 2. The van der Waals surface area contributed by atoms with E-state index in [1.807, 2.05) is 31.2 Å². The minimum Gasteiger partial charge on any atom is -0.350 e. The van der Waals surface area contributed by atoms with Crippen LogP contribution in [-0.4, -0.2) is 18.5 Å². The molecule has 0 bridgehead atoms. The SMILES string of the molecule is CCCC(C)NC(=O)c1cccc(CCN)c1. The molecule has 0 aromatic heterocycles. The van der Waals surface area contributed by atoms with Gasteiger partial charge in [0, 0.05) is 11.6 Å². The van der Waals surface area contributed by atoms with Crippen LogP contribution in [0.5, 0.6) is 0 Å². The van der Waals surface area contributed by atoms with E-state index in [-0.39, 0.29) is 11.9 Å². The van der Waals surface area contributed by atoms with E-state index in [1.54, 1.807) is 0 Å². The first-order valence-electron chi connectivity index (χ1n) is 6.27. The quantitative estimate of drug-likeness (QED) is 0.792. The molecule has 1 rings (SSSR count). The van der Waals surface area contributed by atoms with Gasteiger partial charge in [-0.2, -0.15) is 0 Å². The average molecular weight is 234 g/mol. The maximum atomic E-state index is 11.9. The summed E-state index contributed by atoms with van der Waals surface area (Å²) in [6.07, 6.45) is 2.90. The molecule has 0 spiro atoms. The van der Waals surface area contributed by atoms with Crippen molar-refractivity contribution in [3.63, 3.8) is 0 Å². The van der Waals surface area contributed by atoms with Crippen LogP contribution in [0.3, 0.4) is 0 Å². The summed E-state index contributed by atoms with van der Waals surface area (Å²) < 4.78 is 0. The summed E-state index contributed by atoms with van der Waals surface area (Å²) in [6.45, 7) is 4.76. The highest BCUT2D eigenvalue weighted by atomic mass is 16.1. The Morgan fingerprint density at radius 1 is 1.47 bits per heavy atom. The normalized spacial score (nSPS) is 12.2. The molecule has 0 saturated heterocycles. The van der Waals surface area contributed by atoms with Crippen LogP contribution in [0.1, 0.15) is 42.6 Å². The van der Waals surface area contributed by atoms with Gasteiger partial charge in [0.15, 0.2) is 0 Å². The van der Waals surface area contributed by atoms with Gasteiger partial charge in [-0.25, -0.2) is 0 Å². The Labute approximate surface area is 103 Å². The topological polar surface area (TPSA) is 55.1 Å². The first-order valence-corrected chi connectivity index (χ1v) is 6.27. The van der Waals surface area contributed by atoms with E-state index in [2.05, 4.69) is 12.2 Å². The van der Waals surface area contributed by atoms with Crippen LogP contribution < -0.4 is 11.1 Å². The number of benzene rings is 1. The number of hydrogen-bond donors (Lipinski definition) is 2. The summed E-state index contributed by atoms with van der Waals surface area (Å²) in [6, 6.07) is 7.89. The van der Waals surface area contributed by atoms with Crippen molar-refractivity contribution in [1.29, 1.82) is 0 Å². The summed E-state index contributed by atoms with van der Waals surface area (Å²) in [4.78, 5) is 11.9. The van der Waals surface area contributed by atoms with Crippen molar-refractivity contribution < 1.29 is 4.79 Å². The Hall–Kier alpha value is -1.35. The zero-order valence-electron chi connectivity index (χ0n) is 10.7. The molecule has 0 radical (unpaired) electrons. The van der Waals surface area contributed by atoms with E-state index in [9.17, 15) is 4.79 Å². The molecule has 1 atom stereocenters. The Morgan fingerprint density at radius 3 is 2.88 bits per heavy atom. The van der Waals surface area contributed by atoms with Crippen molar-refractivity contribution in [1.82, 2.24) is 5.32 Å². The predicted molar refractivity (Wildman–Crippen MR) is 71.0 cm³/mol. The molecular formula is C14H22N2O. The maximum Gasteiger partial charge on any atom is 0.251 e. The zero-order valence-corrected chi connectivity index (χ0v) is 10.7. The minimum atomic E-state index is 0.00446. The monoisotopic (exact) mass is 234 g/mol. The molecule has 3 N–H and O–H groups in total. The van der Waals surface area contributed by atoms with Crippen LogP contribution in [0, 0.1) is 0 Å². The highest BCUT2D eigenvalue weighted by Gasteiger charge is 2.09. The van der Waals surface area contributed by atoms with Crippen LogP contribution >= 0.6 is 0 Å². The highest BCUT2D eigenvalue weighted by Crippen LogP contribution is 2.06. The van der Waals surface area contributed by atoms with Gasteiger partial charge in [0.1, 0.15) is 0 Å². The Morgan fingerprint density at radius 2 is 2.24 bits per heavy atom. The lowest BCUT2D eigenvalue weighted by molar-refractivity contribution is 0.0938. The molecular weight excluding hydrogens is 212 g/mol. The van der Waals surface area contributed by atoms with Gasteiger partial charge in [-0.3, -0.25) is 4.79 Å². The molecule has 3 heteroatoms. The first-order chi connectivity index (χ1) is 8.17. The highest BCUT2D eigenvalue weighted by molar-refractivity contribution is 5.94. The van der Waals surface area contributed by atoms with E-state index in [4.69, 9.17) is 5.73 Å². The third-order valence-electron chi connectivity index (χ3n) is 2.72. The number of carbonyl (C=O) groups excluding carboxylic acids is 1. The molecule has 0 aliphatic heterocycles. The second-order valence-corrected chi connectivity index (χ2v) is 4.40. The van der Waals surface area contributed by atoms with E-state index in [0.717, 1.165) is 30.4 Å². The molecule has 0 aliphatic carbocycles. The van der Waals surface area contributed by atoms with Crippen LogP contribution in [0.15, 0.2) is 24.3 Å². The molecule has 94 valence electrons. The van der Waals surface area contributed by atoms with Crippen LogP contribution in [0.25, 0.3) is 0 Å². The van der Waals surface area contributed by atoms with Gasteiger partial charge in [-0.1, -0.05) is 25.5 Å². The second kappa shape index (κ2) is 7.07. The van der Waals surface area contributed by atoms with Gasteiger partial charge < -0.3 is 11.1 Å². The molecule has 1 unspecified atom stereocenters. The number of nitrogens with two attached hydrogens (primary N) is 1. The smallest absolute Gasteiger partial charge is 0.251 e. The maximum absolute atomic E-state index is 11.9. The van der Waals surface area contributed by atoms with Crippen molar-refractivity contribution in [2.45, 2.75) is 39.2 Å². The third kappa shape index (κ3) is 4.57. The number of nitrogens with one attached hydrogen (secondary N) is 1. The van der Waals surface area contributed by atoms with E-state index < -0.39 is 0 Å². The van der Waals surface area contributed by atoms with Crippen LogP contribution in [-0.2, 0) is 6.42 Å². The Bertz CT molecular complexity index is 363. The van der Waals surface area contributed by atoms with E-state index in [0.29, 0.717) is 6.54 Å². The second-order valence-electron chi connectivity index (χ2n) is 4.40. The van der Waals surface area contributed by atoms with Gasteiger partial charge in [0.05, 0.1) is 0 Å². The first kappa shape index (κ1) is 13.7. The van der Waals surface area contributed by atoms with E-state index >= 15 is 0 Å². The van der Waals surface area contributed by atoms with Crippen molar-refractivity contribution in [3.8, 4) is 0 Å². The molecule has 0 heterocycles. The molecule has 17 heavy (non-hydrogen) atoms. The van der Waals surface area contributed by atoms with Gasteiger partial charge in [-0.05, 0) is 44.0 Å². The van der Waals surface area contributed by atoms with Gasteiger partial charge in [0.25, 0.3) is 5.91 Å². The number of carbonyl (C=O) groups is 1. The zero-order chi connectivity index (χ0) is 12.7. The standard InChI is InChI=1S/C14H22N2O/c1-3-5-11(2)16-14(17)13-7-4-6-12(10-13)8-9-15/h4,6-7,10-11H,3,5,8-9,15H2,1-2H3,(H,16,17). The summed E-state index contributed by atoms with van der Waals surface area (Å²) >= 11 is 0. The van der Waals surface area contributed by atoms with Crippen LogP contribution in [0.2, 0.25) is 0 Å². The lowest BCUT2D eigenvalue weighted by Gasteiger charge is -2.13. The summed E-state index contributed by atoms with van der Waals surface area (Å²) in [7, 11) is 0. The molecule has 0 aliphatic rings. The molecule has 3 nitrogen and oxygen atoms in total. The fourth-order valence-electron chi connectivity index (χ4n) is 1.85. The lowest BCUT2D eigenvalue weighted by atomic mass is 10.1. The Kier molecular flexibility index (Phi) is 5.70. The fraction of sp³-hybridized carbons (Fsp3) is 0.500. The third-order valence-corrected chi connectivity index (χ3v) is 2.72. The van der Waals surface area contributed by atoms with E-state index in [1.165, 1.54) is 0 Å². The van der Waals surface area contributed by atoms with Gasteiger partial charge in [0.2, 0.25) is 0 Å². The van der Waals surface area contributed by atoms with Crippen molar-refractivity contribution >= 4 is 5.91 Å². The summed E-state index contributed by atoms with van der Waals surface area (Å²) in [5.41, 5.74) is 7.34. The minimum absolute atomic E-state index is 0.00446. The summed E-state index contributed by atoms with van der Waals surface area (Å²) in [5, 5.41) is 3.00. The summed E-state index contributed by atoms with van der Waals surface area (Å²) in [5.74, 6) is 0.00446. The van der Waals surface area contributed by atoms with Crippen molar-refractivity contribution in [3.05, 3.63) is 35.4 Å². The average Bonchev–Trinajstić information content (AvgIpc) is 2.30. The van der Waals surface area contributed by atoms with Crippen molar-refractivity contribution in [2.75, 3.05) is 6.54 Å². The molecule has 1 amide bonds. The number of amides is 1. The van der Waals surface area contributed by atoms with Gasteiger partial charge >= 0.3 is 0 Å². The molecule has 0 saturated carbocycles. The predicted octanol–water partition coefficient (Wildman–Crippen LogP) is 2.11. The Balaban J connectivity index is 2.65. The molecule has 1 aromatic rings. The van der Waals surface area contributed by atoms with Crippen molar-refractivity contribution in [2.24, 2.45) is 5.73 Å². The van der Waals surface area contributed by atoms with Gasteiger partial charge in [-0.15, -0.1) is 0 Å². The largest absolute Gasteiger partial charge is 0.350 e. The van der Waals surface area contributed by atoms with Crippen LogP contribution in [0.4, 0.5) is 0 Å². The fourth-order valence-corrected chi connectivity index (χ4v) is 1.85. The molecule has 1 aromatic carbocycles. The number of rotatable bonds is 6.